The quantitative estimate of drug-likeness (QED) is 0.243. The fourth-order valence-corrected chi connectivity index (χ4v) is 5.09. The number of aliphatic hydroxyl groups is 2. The molecule has 1 fully saturated rings. The number of nitrogens with zero attached hydrogens (tertiary/aromatic N) is 6. The third-order valence-electron chi connectivity index (χ3n) is 7.08. The van der Waals surface area contributed by atoms with Gasteiger partial charge in [0.05, 0.1) is 23.8 Å². The van der Waals surface area contributed by atoms with Gasteiger partial charge in [-0.25, -0.2) is 24.3 Å². The Morgan fingerprint density at radius 2 is 1.67 bits per heavy atom. The second-order valence-electron chi connectivity index (χ2n) is 9.46. The first kappa shape index (κ1) is 24.8. The van der Waals surface area contributed by atoms with Crippen molar-refractivity contribution in [3.8, 4) is 11.6 Å². The van der Waals surface area contributed by atoms with Crippen LogP contribution in [0.15, 0.2) is 78.1 Å². The lowest BCUT2D eigenvalue weighted by Gasteiger charge is -2.16. The minimum absolute atomic E-state index is 0.134. The number of imidazole rings is 2. The zero-order valence-corrected chi connectivity index (χ0v) is 20.8. The number of para-hydroxylation sites is 1. The van der Waals surface area contributed by atoms with Gasteiger partial charge in [-0.1, -0.05) is 48.5 Å². The fourth-order valence-electron chi connectivity index (χ4n) is 5.09. The molecule has 4 atom stereocenters. The summed E-state index contributed by atoms with van der Waals surface area (Å²) in [6, 6.07) is 18.4. The first-order valence-electron chi connectivity index (χ1n) is 12.5. The van der Waals surface area contributed by atoms with Crippen LogP contribution in [0.3, 0.4) is 0 Å². The van der Waals surface area contributed by atoms with Gasteiger partial charge < -0.3 is 25.8 Å². The van der Waals surface area contributed by atoms with Gasteiger partial charge in [-0.2, -0.15) is 0 Å². The molecule has 0 bridgehead atoms. The molecule has 6 rings (SSSR count). The van der Waals surface area contributed by atoms with Gasteiger partial charge in [-0.3, -0.25) is 9.13 Å². The molecule has 12 heteroatoms. The molecule has 1 unspecified atom stereocenters. The van der Waals surface area contributed by atoms with Crippen molar-refractivity contribution >= 4 is 17.0 Å². The largest absolute Gasteiger partial charge is 0.493 e. The number of fused-ring (bicyclic) bond motifs is 1. The second kappa shape index (κ2) is 9.98. The molecule has 12 nitrogen and oxygen atoms in total. The maximum Gasteiger partial charge on any atom is 0.335 e. The standard InChI is InChI=1S/C27H27N7O5/c28-23-20-24(30-14-29-23)33(15-31-20)26-22(36)21(35)19(39-26)11-12-32-18(13-16-7-3-1-4-8-16)25(37)34(27(32)38)17-9-5-2-6-10-17/h1-10,14-15,19,21-22,26,35-37H,11-13H2,(H2,28,29,30)/t19-,21?,22-,26-/m1/s1. The summed E-state index contributed by atoms with van der Waals surface area (Å²) in [5, 5.41) is 32.8. The number of hydrogen-bond donors (Lipinski definition) is 4. The average molecular weight is 530 g/mol. The molecule has 39 heavy (non-hydrogen) atoms. The molecule has 200 valence electrons. The number of ether oxygens (including phenoxy) is 1. The molecule has 2 aromatic carbocycles. The van der Waals surface area contributed by atoms with Crippen molar-refractivity contribution in [2.75, 3.05) is 5.73 Å². The topological polar surface area (TPSA) is 166 Å². The monoisotopic (exact) mass is 529 g/mol. The van der Waals surface area contributed by atoms with E-state index in [1.165, 1.54) is 26.4 Å². The van der Waals surface area contributed by atoms with E-state index in [-0.39, 0.29) is 24.7 Å². The molecule has 0 radical (unpaired) electrons. The van der Waals surface area contributed by atoms with Crippen LogP contribution in [0.4, 0.5) is 5.82 Å². The van der Waals surface area contributed by atoms with E-state index >= 15 is 0 Å². The van der Waals surface area contributed by atoms with Gasteiger partial charge in [0.1, 0.15) is 24.1 Å². The predicted octanol–water partition coefficient (Wildman–Crippen LogP) is 1.37. The molecule has 5 aromatic rings. The molecule has 3 aromatic heterocycles. The highest BCUT2D eigenvalue weighted by Gasteiger charge is 2.44. The number of aromatic hydroxyl groups is 1. The van der Waals surface area contributed by atoms with Gasteiger partial charge in [-0.15, -0.1) is 0 Å². The second-order valence-corrected chi connectivity index (χ2v) is 9.46. The van der Waals surface area contributed by atoms with Crippen molar-refractivity contribution in [3.63, 3.8) is 0 Å². The number of anilines is 1. The molecule has 0 spiro atoms. The Morgan fingerprint density at radius 3 is 2.41 bits per heavy atom. The summed E-state index contributed by atoms with van der Waals surface area (Å²) in [5.41, 5.74) is 8.09. The minimum atomic E-state index is -1.27. The fraction of sp³-hybridized carbons (Fsp3) is 0.259. The van der Waals surface area contributed by atoms with Crippen LogP contribution in [0.2, 0.25) is 0 Å². The minimum Gasteiger partial charge on any atom is -0.493 e. The summed E-state index contributed by atoms with van der Waals surface area (Å²) >= 11 is 0. The summed E-state index contributed by atoms with van der Waals surface area (Å²) in [6.45, 7) is 0.134. The van der Waals surface area contributed by atoms with Gasteiger partial charge in [-0.05, 0) is 24.1 Å². The molecule has 1 aliphatic heterocycles. The highest BCUT2D eigenvalue weighted by Crippen LogP contribution is 2.34. The molecule has 0 aliphatic carbocycles. The van der Waals surface area contributed by atoms with Crippen molar-refractivity contribution in [3.05, 3.63) is 95.1 Å². The van der Waals surface area contributed by atoms with Crippen molar-refractivity contribution < 1.29 is 20.1 Å². The average Bonchev–Trinajstić information content (AvgIpc) is 3.57. The number of hydrogen-bond acceptors (Lipinski definition) is 9. The van der Waals surface area contributed by atoms with Crippen LogP contribution < -0.4 is 11.4 Å². The third-order valence-corrected chi connectivity index (χ3v) is 7.08. The summed E-state index contributed by atoms with van der Waals surface area (Å²) in [5.74, 6) is 0.0411. The Bertz CT molecular complexity index is 1660. The summed E-state index contributed by atoms with van der Waals surface area (Å²) in [4.78, 5) is 25.9. The number of benzene rings is 2. The third kappa shape index (κ3) is 4.34. The first-order valence-corrected chi connectivity index (χ1v) is 12.5. The van der Waals surface area contributed by atoms with E-state index in [2.05, 4.69) is 15.0 Å². The summed E-state index contributed by atoms with van der Waals surface area (Å²) in [7, 11) is 0. The molecule has 4 heterocycles. The van der Waals surface area contributed by atoms with Crippen LogP contribution >= 0.6 is 0 Å². The zero-order chi connectivity index (χ0) is 27.1. The molecule has 0 amide bonds. The predicted molar refractivity (Wildman–Crippen MR) is 141 cm³/mol. The molecule has 0 saturated carbocycles. The Hall–Kier alpha value is -4.52. The van der Waals surface area contributed by atoms with Crippen molar-refractivity contribution in [1.29, 1.82) is 0 Å². The molecule has 5 N–H and O–H groups in total. The highest BCUT2D eigenvalue weighted by molar-refractivity contribution is 5.81. The maximum absolute atomic E-state index is 13.6. The Morgan fingerprint density at radius 1 is 0.949 bits per heavy atom. The van der Waals surface area contributed by atoms with E-state index in [1.54, 1.807) is 24.3 Å². The van der Waals surface area contributed by atoms with Gasteiger partial charge in [0.25, 0.3) is 0 Å². The molecule has 1 aliphatic rings. The van der Waals surface area contributed by atoms with E-state index in [0.717, 1.165) is 5.56 Å². The van der Waals surface area contributed by atoms with Crippen LogP contribution in [-0.4, -0.2) is 62.3 Å². The first-order chi connectivity index (χ1) is 18.9. The van der Waals surface area contributed by atoms with E-state index in [4.69, 9.17) is 10.5 Å². The number of aliphatic hydroxyl groups excluding tert-OH is 2. The molecule has 1 saturated heterocycles. The number of nitrogens with two attached hydrogens (primary N) is 1. The van der Waals surface area contributed by atoms with Gasteiger partial charge in [0.2, 0.25) is 5.88 Å². The smallest absolute Gasteiger partial charge is 0.335 e. The lowest BCUT2D eigenvalue weighted by molar-refractivity contribution is -0.0380. The van der Waals surface area contributed by atoms with E-state index < -0.39 is 30.2 Å². The lowest BCUT2D eigenvalue weighted by Crippen LogP contribution is -2.33. The highest BCUT2D eigenvalue weighted by atomic mass is 16.6. The zero-order valence-electron chi connectivity index (χ0n) is 20.8. The van der Waals surface area contributed by atoms with Crippen LogP contribution in [0.5, 0.6) is 5.88 Å². The Balaban J connectivity index is 1.30. The Kier molecular flexibility index (Phi) is 6.35. The van der Waals surface area contributed by atoms with Gasteiger partial charge in [0, 0.05) is 13.0 Å². The van der Waals surface area contributed by atoms with Crippen molar-refractivity contribution in [2.45, 2.75) is 43.9 Å². The van der Waals surface area contributed by atoms with E-state index in [1.807, 2.05) is 36.4 Å². The number of nitrogen functional groups attached to an aromatic ring is 1. The number of rotatable bonds is 7. The molecular formula is C27H27N7O5. The maximum atomic E-state index is 13.6. The van der Waals surface area contributed by atoms with E-state index in [0.29, 0.717) is 29.0 Å². The van der Waals surface area contributed by atoms with Gasteiger partial charge in [0.15, 0.2) is 17.7 Å². The number of aromatic nitrogens is 6. The van der Waals surface area contributed by atoms with Crippen LogP contribution in [-0.2, 0) is 17.7 Å². The normalized spacial score (nSPS) is 21.1. The summed E-state index contributed by atoms with van der Waals surface area (Å²) in [6.07, 6.45) is -1.04. The summed E-state index contributed by atoms with van der Waals surface area (Å²) < 4.78 is 10.3. The Labute approximate surface area is 222 Å². The SMILES string of the molecule is Nc1ncnc2c1ncn2[C@@H]1O[C@H](CCn2c(Cc3ccccc3)c(O)n(-c3ccccc3)c2=O)C(O)[C@H]1O. The molecular weight excluding hydrogens is 502 g/mol. The van der Waals surface area contributed by atoms with Gasteiger partial charge >= 0.3 is 5.69 Å². The van der Waals surface area contributed by atoms with E-state index in [9.17, 15) is 20.1 Å². The van der Waals surface area contributed by atoms with Crippen molar-refractivity contribution in [2.24, 2.45) is 0 Å². The van der Waals surface area contributed by atoms with Crippen LogP contribution in [0.25, 0.3) is 16.9 Å². The van der Waals surface area contributed by atoms with Crippen LogP contribution in [0, 0.1) is 0 Å². The lowest BCUT2D eigenvalue weighted by atomic mass is 10.1. The van der Waals surface area contributed by atoms with Crippen molar-refractivity contribution in [1.82, 2.24) is 28.7 Å². The van der Waals surface area contributed by atoms with Crippen LogP contribution in [0.1, 0.15) is 23.9 Å².